The molecule has 208 valence electrons. The number of rotatable bonds is 9. The number of methoxy groups -OCH3 is 2. The van der Waals surface area contributed by atoms with Crippen molar-refractivity contribution in [3.8, 4) is 11.5 Å². The molecule has 5 rings (SSSR count). The van der Waals surface area contributed by atoms with Crippen molar-refractivity contribution in [2.75, 3.05) is 19.1 Å². The average molecular weight is 544 g/mol. The molecule has 1 saturated carbocycles. The normalized spacial score (nSPS) is 14.5. The van der Waals surface area contributed by atoms with Crippen molar-refractivity contribution in [2.24, 2.45) is 0 Å². The third-order valence-corrected chi connectivity index (χ3v) is 7.55. The Hall–Kier alpha value is -4.33. The molecule has 0 spiro atoms. The van der Waals surface area contributed by atoms with E-state index in [1.807, 2.05) is 24.3 Å². The molecule has 1 aliphatic rings. The Morgan fingerprint density at radius 3 is 2.50 bits per heavy atom. The van der Waals surface area contributed by atoms with Gasteiger partial charge in [0.25, 0.3) is 0 Å². The van der Waals surface area contributed by atoms with Crippen LogP contribution in [0.5, 0.6) is 11.5 Å². The van der Waals surface area contributed by atoms with E-state index in [9.17, 15) is 14.0 Å². The Bertz CT molecular complexity index is 1490. The number of nitrogens with one attached hydrogen (secondary N) is 2. The van der Waals surface area contributed by atoms with Gasteiger partial charge in [0.05, 0.1) is 20.6 Å². The van der Waals surface area contributed by atoms with E-state index >= 15 is 0 Å². The van der Waals surface area contributed by atoms with Crippen LogP contribution in [0, 0.1) is 5.82 Å². The summed E-state index contributed by atoms with van der Waals surface area (Å²) in [6.45, 7) is 0. The summed E-state index contributed by atoms with van der Waals surface area (Å²) in [6, 6.07) is 17.6. The molecule has 1 unspecified atom stereocenters. The number of para-hydroxylation sites is 1. The number of ether oxygens (including phenoxy) is 2. The Labute approximate surface area is 233 Å². The van der Waals surface area contributed by atoms with Gasteiger partial charge in [-0.2, -0.15) is 0 Å². The summed E-state index contributed by atoms with van der Waals surface area (Å²) in [5, 5.41) is 4.11. The van der Waals surface area contributed by atoms with E-state index < -0.39 is 11.9 Å². The van der Waals surface area contributed by atoms with Gasteiger partial charge < -0.3 is 19.8 Å². The van der Waals surface area contributed by atoms with Gasteiger partial charge in [-0.3, -0.25) is 14.5 Å². The van der Waals surface area contributed by atoms with Gasteiger partial charge in [0.1, 0.15) is 11.9 Å². The van der Waals surface area contributed by atoms with Crippen molar-refractivity contribution in [1.82, 2.24) is 10.3 Å². The summed E-state index contributed by atoms with van der Waals surface area (Å²) in [6.07, 6.45) is 6.81. The number of hydrogen-bond donors (Lipinski definition) is 2. The molecule has 1 aliphatic carbocycles. The second-order valence-corrected chi connectivity index (χ2v) is 10.1. The summed E-state index contributed by atoms with van der Waals surface area (Å²) in [4.78, 5) is 32.9. The quantitative estimate of drug-likeness (QED) is 0.268. The van der Waals surface area contributed by atoms with Crippen molar-refractivity contribution in [2.45, 2.75) is 50.6 Å². The summed E-state index contributed by atoms with van der Waals surface area (Å²) in [5.74, 6) is -0.232. The van der Waals surface area contributed by atoms with Crippen molar-refractivity contribution < 1.29 is 23.5 Å². The number of carbonyl (C=O) groups is 2. The van der Waals surface area contributed by atoms with Crippen molar-refractivity contribution in [3.63, 3.8) is 0 Å². The van der Waals surface area contributed by atoms with Crippen LogP contribution in [0.2, 0.25) is 0 Å². The molecular formula is C32H34FN3O4. The zero-order valence-corrected chi connectivity index (χ0v) is 22.8. The smallest absolute Gasteiger partial charge is 0.248 e. The van der Waals surface area contributed by atoms with Crippen LogP contribution >= 0.6 is 0 Å². The maximum absolute atomic E-state index is 14.6. The molecule has 1 heterocycles. The van der Waals surface area contributed by atoms with Crippen LogP contribution in [0.3, 0.4) is 0 Å². The number of carbonyl (C=O) groups excluding carboxylic acids is 2. The minimum atomic E-state index is -1.07. The van der Waals surface area contributed by atoms with E-state index in [0.29, 0.717) is 22.7 Å². The Balaban J connectivity index is 1.60. The van der Waals surface area contributed by atoms with E-state index in [-0.39, 0.29) is 24.3 Å². The largest absolute Gasteiger partial charge is 0.493 e. The van der Waals surface area contributed by atoms with Crippen molar-refractivity contribution >= 4 is 28.4 Å². The number of H-pyrrole nitrogens is 1. The van der Waals surface area contributed by atoms with Crippen molar-refractivity contribution in [1.29, 1.82) is 0 Å². The number of fused-ring (bicyclic) bond motifs is 1. The highest BCUT2D eigenvalue weighted by atomic mass is 19.1. The number of halogens is 1. The first-order valence-corrected chi connectivity index (χ1v) is 13.6. The number of hydrogen-bond acceptors (Lipinski definition) is 4. The SMILES string of the molecule is COc1ccc(C(C(=O)NC2CCCCC2)N(C(=O)Cc2c[nH]c3ccccc23)c2cccc(F)c2)cc1OC. The fourth-order valence-corrected chi connectivity index (χ4v) is 5.56. The molecule has 4 aromatic rings. The highest BCUT2D eigenvalue weighted by Gasteiger charge is 2.35. The van der Waals surface area contributed by atoms with E-state index in [1.54, 1.807) is 36.5 Å². The molecule has 2 N–H and O–H groups in total. The molecule has 1 fully saturated rings. The highest BCUT2D eigenvalue weighted by Crippen LogP contribution is 2.35. The first kappa shape index (κ1) is 27.2. The number of benzene rings is 3. The first-order valence-electron chi connectivity index (χ1n) is 13.6. The molecule has 0 bridgehead atoms. The summed E-state index contributed by atoms with van der Waals surface area (Å²) < 4.78 is 25.5. The van der Waals surface area contributed by atoms with Gasteiger partial charge in [0.15, 0.2) is 11.5 Å². The zero-order valence-electron chi connectivity index (χ0n) is 22.8. The van der Waals surface area contributed by atoms with Crippen LogP contribution < -0.4 is 19.7 Å². The molecule has 1 aromatic heterocycles. The molecule has 2 amide bonds. The third-order valence-electron chi connectivity index (χ3n) is 7.55. The Morgan fingerprint density at radius 1 is 0.975 bits per heavy atom. The minimum Gasteiger partial charge on any atom is -0.493 e. The number of nitrogens with zero attached hydrogens (tertiary/aromatic N) is 1. The van der Waals surface area contributed by atoms with Crippen LogP contribution in [-0.2, 0) is 16.0 Å². The van der Waals surface area contributed by atoms with Crippen LogP contribution in [0.15, 0.2) is 72.9 Å². The van der Waals surface area contributed by atoms with Crippen molar-refractivity contribution in [3.05, 3.63) is 89.9 Å². The Morgan fingerprint density at radius 2 is 1.75 bits per heavy atom. The van der Waals surface area contributed by atoms with E-state index in [2.05, 4.69) is 10.3 Å². The van der Waals surface area contributed by atoms with E-state index in [4.69, 9.17) is 9.47 Å². The minimum absolute atomic E-state index is 0.0149. The van der Waals surface area contributed by atoms with Gasteiger partial charge in [-0.05, 0) is 60.4 Å². The molecule has 40 heavy (non-hydrogen) atoms. The third kappa shape index (κ3) is 5.81. The van der Waals surface area contributed by atoms with Gasteiger partial charge in [-0.15, -0.1) is 0 Å². The first-order chi connectivity index (χ1) is 19.5. The summed E-state index contributed by atoms with van der Waals surface area (Å²) in [5.41, 5.74) is 2.53. The molecule has 7 nitrogen and oxygen atoms in total. The molecule has 1 atom stereocenters. The fourth-order valence-electron chi connectivity index (χ4n) is 5.56. The van der Waals surface area contributed by atoms with Gasteiger partial charge >= 0.3 is 0 Å². The van der Waals surface area contributed by atoms with Gasteiger partial charge in [0.2, 0.25) is 11.8 Å². The zero-order chi connectivity index (χ0) is 28.1. The molecule has 3 aromatic carbocycles. The standard InChI is InChI=1S/C32H34FN3O4/c1-39-28-16-15-21(17-29(28)40-2)31(32(38)35-24-10-4-3-5-11-24)36(25-12-8-9-23(33)19-25)30(37)18-22-20-34-27-14-7-6-13-26(22)27/h6-9,12-17,19-20,24,31,34H,3-5,10-11,18H2,1-2H3,(H,35,38). The lowest BCUT2D eigenvalue weighted by atomic mass is 9.94. The second-order valence-electron chi connectivity index (χ2n) is 10.1. The molecule has 0 saturated heterocycles. The van der Waals surface area contributed by atoms with Crippen LogP contribution in [-0.4, -0.2) is 37.1 Å². The number of amides is 2. The van der Waals surface area contributed by atoms with Gasteiger partial charge in [-0.25, -0.2) is 4.39 Å². The topological polar surface area (TPSA) is 83.7 Å². The molecule has 0 radical (unpaired) electrons. The van der Waals surface area contributed by atoms with E-state index in [0.717, 1.165) is 48.6 Å². The second kappa shape index (κ2) is 12.2. The Kier molecular flexibility index (Phi) is 8.34. The predicted octanol–water partition coefficient (Wildman–Crippen LogP) is 6.09. The number of aromatic amines is 1. The lowest BCUT2D eigenvalue weighted by Crippen LogP contribution is -2.47. The molecule has 8 heteroatoms. The van der Waals surface area contributed by atoms with Crippen LogP contribution in [0.25, 0.3) is 10.9 Å². The lowest BCUT2D eigenvalue weighted by molar-refractivity contribution is -0.127. The van der Waals surface area contributed by atoms with Crippen LogP contribution in [0.4, 0.5) is 10.1 Å². The highest BCUT2D eigenvalue weighted by molar-refractivity contribution is 6.03. The average Bonchev–Trinajstić information content (AvgIpc) is 3.38. The monoisotopic (exact) mass is 543 g/mol. The fraction of sp³-hybridized carbons (Fsp3) is 0.312. The lowest BCUT2D eigenvalue weighted by Gasteiger charge is -2.34. The number of anilines is 1. The molecule has 0 aliphatic heterocycles. The maximum Gasteiger partial charge on any atom is 0.248 e. The summed E-state index contributed by atoms with van der Waals surface area (Å²) in [7, 11) is 3.06. The molecular weight excluding hydrogens is 509 g/mol. The number of aromatic nitrogens is 1. The van der Waals surface area contributed by atoms with E-state index in [1.165, 1.54) is 31.3 Å². The summed E-state index contributed by atoms with van der Waals surface area (Å²) >= 11 is 0. The van der Waals surface area contributed by atoms with Crippen LogP contribution in [0.1, 0.15) is 49.3 Å². The predicted molar refractivity (Wildman–Crippen MR) is 153 cm³/mol. The van der Waals surface area contributed by atoms with Gasteiger partial charge in [-0.1, -0.05) is 49.6 Å². The maximum atomic E-state index is 14.6. The van der Waals surface area contributed by atoms with Gasteiger partial charge in [0, 0.05) is 28.8 Å².